The Labute approximate surface area is 175 Å². The van der Waals surface area contributed by atoms with Gasteiger partial charge < -0.3 is 35.2 Å². The molecule has 0 radical (unpaired) electrons. The second-order valence-electron chi connectivity index (χ2n) is 7.69. The maximum atomic E-state index is 12.8. The van der Waals surface area contributed by atoms with E-state index in [1.165, 1.54) is 17.0 Å². The van der Waals surface area contributed by atoms with E-state index in [-0.39, 0.29) is 50.1 Å². The van der Waals surface area contributed by atoms with Crippen LogP contribution in [0.4, 0.5) is 13.2 Å². The average molecular weight is 446 g/mol. The van der Waals surface area contributed by atoms with Crippen LogP contribution in [0.2, 0.25) is 6.32 Å². The summed E-state index contributed by atoms with van der Waals surface area (Å²) >= 11 is 0. The van der Waals surface area contributed by atoms with Crippen molar-refractivity contribution in [1.29, 1.82) is 0 Å². The molecule has 2 fully saturated rings. The summed E-state index contributed by atoms with van der Waals surface area (Å²) in [4.78, 5) is 25.3. The fourth-order valence-electron chi connectivity index (χ4n) is 3.67. The molecular weight excluding hydrogens is 424 g/mol. The van der Waals surface area contributed by atoms with Crippen LogP contribution in [0.15, 0.2) is 12.1 Å². The molecule has 2 heterocycles. The molecule has 13 heteroatoms. The van der Waals surface area contributed by atoms with Gasteiger partial charge in [-0.1, -0.05) is 6.07 Å². The second kappa shape index (κ2) is 8.93. The molecule has 1 aromatic carbocycles. The van der Waals surface area contributed by atoms with Gasteiger partial charge in [-0.25, -0.2) is 4.79 Å². The number of ether oxygens (including phenoxy) is 1. The quantitative estimate of drug-likeness (QED) is 0.376. The number of carbonyl (C=O) groups excluding carboxylic acids is 1. The van der Waals surface area contributed by atoms with Crippen molar-refractivity contribution in [2.45, 2.75) is 37.5 Å². The first-order chi connectivity index (χ1) is 14.5. The largest absolute Gasteiger partial charge is 0.507 e. The standard InChI is InChI=1S/C18H22BF3N2O7/c20-18(21,22)10-5-12(23-6-10)16(26)24-7-11(8-24)31-13-2-1-9(3-4-19(29)30)15(25)14(13)17(27)28/h1-2,10-12,23,25,29-30H,3-8H2,(H,27,28)/t10-,12-/m1/s1. The Morgan fingerprint density at radius 1 is 1.26 bits per heavy atom. The normalized spacial score (nSPS) is 21.6. The van der Waals surface area contributed by atoms with Crippen molar-refractivity contribution in [3.63, 3.8) is 0 Å². The average Bonchev–Trinajstić information content (AvgIpc) is 3.13. The molecule has 9 nitrogen and oxygen atoms in total. The smallest absolute Gasteiger partial charge is 0.451 e. The lowest BCUT2D eigenvalue weighted by atomic mass is 9.82. The minimum absolute atomic E-state index is 0.0308. The third-order valence-electron chi connectivity index (χ3n) is 5.45. The van der Waals surface area contributed by atoms with Crippen LogP contribution in [0.3, 0.4) is 0 Å². The third kappa shape index (κ3) is 5.22. The number of carboxylic acids is 1. The number of alkyl halides is 3. The Kier molecular flexibility index (Phi) is 6.67. The number of nitrogens with zero attached hydrogens (tertiary/aromatic N) is 1. The first-order valence-corrected chi connectivity index (χ1v) is 9.67. The van der Waals surface area contributed by atoms with Crippen LogP contribution >= 0.6 is 0 Å². The minimum atomic E-state index is -4.36. The number of hydrogen-bond acceptors (Lipinski definition) is 7. The van der Waals surface area contributed by atoms with Gasteiger partial charge in [0.1, 0.15) is 23.2 Å². The highest BCUT2D eigenvalue weighted by Gasteiger charge is 2.47. The highest BCUT2D eigenvalue weighted by molar-refractivity contribution is 6.41. The van der Waals surface area contributed by atoms with Crippen LogP contribution in [-0.2, 0) is 11.2 Å². The molecule has 0 aliphatic carbocycles. The van der Waals surface area contributed by atoms with Gasteiger partial charge in [-0.15, -0.1) is 0 Å². The van der Waals surface area contributed by atoms with E-state index in [0.29, 0.717) is 0 Å². The van der Waals surface area contributed by atoms with Crippen molar-refractivity contribution in [2.24, 2.45) is 5.92 Å². The molecule has 0 aromatic heterocycles. The number of likely N-dealkylation sites (tertiary alicyclic amines) is 1. The monoisotopic (exact) mass is 446 g/mol. The molecule has 2 atom stereocenters. The van der Waals surface area contributed by atoms with Crippen molar-refractivity contribution in [3.05, 3.63) is 23.3 Å². The predicted molar refractivity (Wildman–Crippen MR) is 101 cm³/mol. The van der Waals surface area contributed by atoms with Crippen LogP contribution in [0.1, 0.15) is 22.3 Å². The highest BCUT2D eigenvalue weighted by Crippen LogP contribution is 2.35. The zero-order chi connectivity index (χ0) is 22.9. The maximum Gasteiger partial charge on any atom is 0.451 e. The van der Waals surface area contributed by atoms with Gasteiger partial charge in [0.2, 0.25) is 5.91 Å². The summed E-state index contributed by atoms with van der Waals surface area (Å²) in [6.07, 6.45) is -5.34. The van der Waals surface area contributed by atoms with E-state index >= 15 is 0 Å². The predicted octanol–water partition coefficient (Wildman–Crippen LogP) is 0.236. The van der Waals surface area contributed by atoms with Crippen molar-refractivity contribution in [1.82, 2.24) is 10.2 Å². The maximum absolute atomic E-state index is 12.8. The zero-order valence-corrected chi connectivity index (χ0v) is 16.3. The Balaban J connectivity index is 1.59. The van der Waals surface area contributed by atoms with Gasteiger partial charge >= 0.3 is 19.3 Å². The van der Waals surface area contributed by atoms with Gasteiger partial charge in [0.15, 0.2) is 0 Å². The summed E-state index contributed by atoms with van der Waals surface area (Å²) < 4.78 is 43.9. The molecule has 0 spiro atoms. The fraction of sp³-hybridized carbons (Fsp3) is 0.556. The van der Waals surface area contributed by atoms with E-state index in [0.717, 1.165) is 0 Å². The van der Waals surface area contributed by atoms with Gasteiger partial charge in [0.05, 0.1) is 25.0 Å². The molecule has 170 valence electrons. The lowest BCUT2D eigenvalue weighted by Crippen LogP contribution is -2.59. The van der Waals surface area contributed by atoms with E-state index in [1.807, 2.05) is 0 Å². The summed E-state index contributed by atoms with van der Waals surface area (Å²) in [6.45, 7) is -0.160. The second-order valence-corrected chi connectivity index (χ2v) is 7.69. The molecule has 3 rings (SSSR count). The lowest BCUT2D eigenvalue weighted by molar-refractivity contribution is -0.169. The molecule has 5 N–H and O–H groups in total. The number of nitrogens with one attached hydrogen (secondary N) is 1. The third-order valence-corrected chi connectivity index (χ3v) is 5.45. The number of benzene rings is 1. The van der Waals surface area contributed by atoms with Gasteiger partial charge in [-0.3, -0.25) is 4.79 Å². The van der Waals surface area contributed by atoms with Gasteiger partial charge in [-0.2, -0.15) is 13.2 Å². The van der Waals surface area contributed by atoms with Crippen molar-refractivity contribution in [2.75, 3.05) is 19.6 Å². The van der Waals surface area contributed by atoms with Gasteiger partial charge in [-0.05, 0) is 30.8 Å². The Morgan fingerprint density at radius 3 is 2.48 bits per heavy atom. The minimum Gasteiger partial charge on any atom is -0.507 e. The molecule has 0 saturated carbocycles. The molecular formula is C18H22BF3N2O7. The van der Waals surface area contributed by atoms with Crippen LogP contribution in [0, 0.1) is 5.92 Å². The number of phenols is 1. The zero-order valence-electron chi connectivity index (χ0n) is 16.3. The van der Waals surface area contributed by atoms with E-state index in [9.17, 15) is 33.0 Å². The lowest BCUT2D eigenvalue weighted by Gasteiger charge is -2.40. The van der Waals surface area contributed by atoms with Gasteiger partial charge in [0.25, 0.3) is 0 Å². The number of carbonyl (C=O) groups is 2. The van der Waals surface area contributed by atoms with E-state index in [2.05, 4.69) is 5.32 Å². The molecule has 1 aromatic rings. The molecule has 31 heavy (non-hydrogen) atoms. The first-order valence-electron chi connectivity index (χ1n) is 9.67. The molecule has 1 amide bonds. The van der Waals surface area contributed by atoms with Crippen molar-refractivity contribution < 1.29 is 47.8 Å². The summed E-state index contributed by atoms with van der Waals surface area (Å²) in [6, 6.07) is 1.81. The van der Waals surface area contributed by atoms with Crippen molar-refractivity contribution in [3.8, 4) is 11.5 Å². The number of carboxylic acid groups (broad SMARTS) is 1. The Bertz CT molecular complexity index is 846. The summed E-state index contributed by atoms with van der Waals surface area (Å²) in [7, 11) is -1.61. The van der Waals surface area contributed by atoms with Crippen LogP contribution < -0.4 is 10.1 Å². The van der Waals surface area contributed by atoms with Crippen molar-refractivity contribution >= 4 is 19.0 Å². The number of rotatable bonds is 7. The molecule has 2 saturated heterocycles. The number of amides is 1. The fourth-order valence-corrected chi connectivity index (χ4v) is 3.67. The van der Waals surface area contributed by atoms with E-state index < -0.39 is 54.5 Å². The Hall–Kier alpha value is -2.51. The highest BCUT2D eigenvalue weighted by atomic mass is 19.4. The molecule has 0 unspecified atom stereocenters. The molecule has 0 bridgehead atoms. The topological polar surface area (TPSA) is 140 Å². The summed E-state index contributed by atoms with van der Waals surface area (Å²) in [5.74, 6) is -4.15. The Morgan fingerprint density at radius 2 is 1.94 bits per heavy atom. The summed E-state index contributed by atoms with van der Waals surface area (Å²) in [5, 5.41) is 40.1. The molecule has 2 aliphatic rings. The van der Waals surface area contributed by atoms with Crippen LogP contribution in [0.5, 0.6) is 11.5 Å². The number of aromatic carboxylic acids is 1. The van der Waals surface area contributed by atoms with Gasteiger partial charge in [0, 0.05) is 6.54 Å². The number of aryl methyl sites for hydroxylation is 1. The van der Waals surface area contributed by atoms with Crippen LogP contribution in [-0.4, -0.2) is 82.1 Å². The first kappa shape index (κ1) is 23.2. The number of halogens is 3. The van der Waals surface area contributed by atoms with Crippen LogP contribution in [0.25, 0.3) is 0 Å². The van der Waals surface area contributed by atoms with E-state index in [4.69, 9.17) is 14.8 Å². The SMILES string of the molecule is O=C(O)c1c(OC2CN(C(=O)[C@H]3C[C@@H](C(F)(F)F)CN3)C2)ccc(CCB(O)O)c1O. The number of hydrogen-bond donors (Lipinski definition) is 5. The summed E-state index contributed by atoms with van der Waals surface area (Å²) in [5.41, 5.74) is -0.282. The van der Waals surface area contributed by atoms with E-state index in [1.54, 1.807) is 0 Å². The number of aromatic hydroxyl groups is 1. The molecule has 2 aliphatic heterocycles.